The highest BCUT2D eigenvalue weighted by Crippen LogP contribution is 2.13. The van der Waals surface area contributed by atoms with E-state index in [4.69, 9.17) is 18.0 Å². The summed E-state index contributed by atoms with van der Waals surface area (Å²) >= 11 is 4.91. The third-order valence-corrected chi connectivity index (χ3v) is 3.18. The molecule has 1 rings (SSSR count). The number of amides is 1. The van der Waals surface area contributed by atoms with Gasteiger partial charge in [-0.1, -0.05) is 33.0 Å². The van der Waals surface area contributed by atoms with Crippen molar-refractivity contribution in [1.82, 2.24) is 14.7 Å². The van der Waals surface area contributed by atoms with Crippen LogP contribution in [0, 0.1) is 5.92 Å². The van der Waals surface area contributed by atoms with E-state index in [1.807, 2.05) is 18.9 Å². The average Bonchev–Trinajstić information content (AvgIpc) is 2.74. The standard InChI is InChI=1S/C14H24N4OS/c1-5-12-11(9-17(4)16-12)14(19)18(8-10(2)3)7-6-13(15)20/h9-10H,5-8H2,1-4H3,(H2,15,20). The number of rotatable bonds is 7. The Hall–Kier alpha value is -1.43. The van der Waals surface area contributed by atoms with Crippen LogP contribution in [0.25, 0.3) is 0 Å². The van der Waals surface area contributed by atoms with Crippen molar-refractivity contribution in [3.63, 3.8) is 0 Å². The number of carbonyl (C=O) groups excluding carboxylic acids is 1. The number of thiocarbonyl (C=S) groups is 1. The molecule has 0 fully saturated rings. The van der Waals surface area contributed by atoms with E-state index in [9.17, 15) is 4.79 Å². The lowest BCUT2D eigenvalue weighted by molar-refractivity contribution is 0.0740. The van der Waals surface area contributed by atoms with Crippen molar-refractivity contribution >= 4 is 23.1 Å². The van der Waals surface area contributed by atoms with Gasteiger partial charge >= 0.3 is 0 Å². The average molecular weight is 296 g/mol. The van der Waals surface area contributed by atoms with Gasteiger partial charge in [-0.25, -0.2) is 0 Å². The molecule has 0 aliphatic heterocycles. The molecule has 1 aromatic heterocycles. The molecule has 0 saturated carbocycles. The summed E-state index contributed by atoms with van der Waals surface area (Å²) < 4.78 is 1.69. The summed E-state index contributed by atoms with van der Waals surface area (Å²) in [6.07, 6.45) is 3.08. The first-order valence-electron chi connectivity index (χ1n) is 6.95. The molecule has 0 saturated heterocycles. The summed E-state index contributed by atoms with van der Waals surface area (Å²) in [5.74, 6) is 0.409. The van der Waals surface area contributed by atoms with Crippen LogP contribution in [0.2, 0.25) is 0 Å². The van der Waals surface area contributed by atoms with Gasteiger partial charge in [-0.05, 0) is 12.3 Å². The first-order chi connectivity index (χ1) is 9.35. The summed E-state index contributed by atoms with van der Waals surface area (Å²) in [5.41, 5.74) is 7.06. The lowest BCUT2D eigenvalue weighted by Gasteiger charge is -2.24. The Labute approximate surface area is 126 Å². The Morgan fingerprint density at radius 2 is 2.20 bits per heavy atom. The van der Waals surface area contributed by atoms with Crippen LogP contribution in [0.3, 0.4) is 0 Å². The summed E-state index contributed by atoms with van der Waals surface area (Å²) in [6, 6.07) is 0. The molecule has 0 aliphatic carbocycles. The van der Waals surface area contributed by atoms with E-state index in [2.05, 4.69) is 18.9 Å². The summed E-state index contributed by atoms with van der Waals surface area (Å²) in [6.45, 7) is 7.43. The third kappa shape index (κ3) is 4.59. The second kappa shape index (κ2) is 7.38. The predicted octanol–water partition coefficient (Wildman–Crippen LogP) is 1.76. The van der Waals surface area contributed by atoms with Crippen LogP contribution in [-0.2, 0) is 13.5 Å². The smallest absolute Gasteiger partial charge is 0.257 e. The monoisotopic (exact) mass is 296 g/mol. The zero-order valence-electron chi connectivity index (χ0n) is 12.7. The number of aromatic nitrogens is 2. The van der Waals surface area contributed by atoms with Crippen molar-refractivity contribution in [3.8, 4) is 0 Å². The zero-order valence-corrected chi connectivity index (χ0v) is 13.5. The van der Waals surface area contributed by atoms with Crippen LogP contribution in [0.15, 0.2) is 6.20 Å². The van der Waals surface area contributed by atoms with Crippen molar-refractivity contribution in [2.45, 2.75) is 33.6 Å². The van der Waals surface area contributed by atoms with Crippen LogP contribution in [-0.4, -0.2) is 38.7 Å². The number of carbonyl (C=O) groups is 1. The summed E-state index contributed by atoms with van der Waals surface area (Å²) in [5, 5.41) is 4.33. The number of nitrogens with zero attached hydrogens (tertiary/aromatic N) is 3. The predicted molar refractivity (Wildman–Crippen MR) is 84.7 cm³/mol. The number of hydrogen-bond acceptors (Lipinski definition) is 3. The molecule has 1 heterocycles. The SMILES string of the molecule is CCc1nn(C)cc1C(=O)N(CCC(N)=S)CC(C)C. The van der Waals surface area contributed by atoms with Gasteiger partial charge in [0.2, 0.25) is 0 Å². The van der Waals surface area contributed by atoms with Gasteiger partial charge in [0.15, 0.2) is 0 Å². The van der Waals surface area contributed by atoms with Crippen molar-refractivity contribution in [2.75, 3.05) is 13.1 Å². The molecule has 1 amide bonds. The molecule has 0 spiro atoms. The van der Waals surface area contributed by atoms with Crippen LogP contribution in [0.5, 0.6) is 0 Å². The maximum Gasteiger partial charge on any atom is 0.257 e. The molecule has 0 bridgehead atoms. The van der Waals surface area contributed by atoms with E-state index >= 15 is 0 Å². The molecule has 0 unspecified atom stereocenters. The second-order valence-electron chi connectivity index (χ2n) is 5.38. The minimum Gasteiger partial charge on any atom is -0.393 e. The lowest BCUT2D eigenvalue weighted by Crippen LogP contribution is -2.36. The van der Waals surface area contributed by atoms with Gasteiger partial charge in [0.1, 0.15) is 0 Å². The molecular formula is C14H24N4OS. The van der Waals surface area contributed by atoms with Gasteiger partial charge in [0.05, 0.1) is 16.2 Å². The molecule has 112 valence electrons. The van der Waals surface area contributed by atoms with Gasteiger partial charge in [-0.3, -0.25) is 9.48 Å². The minimum absolute atomic E-state index is 0.0138. The Balaban J connectivity index is 2.93. The Bertz CT molecular complexity index is 482. The fourth-order valence-corrected chi connectivity index (χ4v) is 2.20. The van der Waals surface area contributed by atoms with Gasteiger partial charge in [0.25, 0.3) is 5.91 Å². The molecule has 0 atom stereocenters. The van der Waals surface area contributed by atoms with E-state index in [-0.39, 0.29) is 5.91 Å². The highest BCUT2D eigenvalue weighted by atomic mass is 32.1. The third-order valence-electron chi connectivity index (χ3n) is 2.97. The van der Waals surface area contributed by atoms with Gasteiger partial charge in [-0.2, -0.15) is 5.10 Å². The first kappa shape index (κ1) is 16.6. The molecule has 6 heteroatoms. The molecule has 5 nitrogen and oxygen atoms in total. The summed E-state index contributed by atoms with van der Waals surface area (Å²) in [7, 11) is 1.83. The van der Waals surface area contributed by atoms with Crippen molar-refractivity contribution in [1.29, 1.82) is 0 Å². The van der Waals surface area contributed by atoms with E-state index < -0.39 is 0 Å². The normalized spacial score (nSPS) is 10.8. The lowest BCUT2D eigenvalue weighted by atomic mass is 10.1. The van der Waals surface area contributed by atoms with Crippen LogP contribution in [0.4, 0.5) is 0 Å². The van der Waals surface area contributed by atoms with Crippen molar-refractivity contribution < 1.29 is 4.79 Å². The topological polar surface area (TPSA) is 64.2 Å². The number of hydrogen-bond donors (Lipinski definition) is 1. The Kier molecular flexibility index (Phi) is 6.13. The fraction of sp³-hybridized carbons (Fsp3) is 0.643. The molecule has 0 aromatic carbocycles. The Morgan fingerprint density at radius 1 is 1.55 bits per heavy atom. The first-order valence-corrected chi connectivity index (χ1v) is 7.36. The molecule has 0 aliphatic rings. The van der Waals surface area contributed by atoms with E-state index in [0.717, 1.165) is 12.1 Å². The van der Waals surface area contributed by atoms with E-state index in [0.29, 0.717) is 36.0 Å². The minimum atomic E-state index is 0.0138. The molecular weight excluding hydrogens is 272 g/mol. The van der Waals surface area contributed by atoms with Crippen LogP contribution < -0.4 is 5.73 Å². The highest BCUT2D eigenvalue weighted by molar-refractivity contribution is 7.80. The molecule has 20 heavy (non-hydrogen) atoms. The highest BCUT2D eigenvalue weighted by Gasteiger charge is 2.21. The maximum absolute atomic E-state index is 12.7. The van der Waals surface area contributed by atoms with E-state index in [1.54, 1.807) is 10.9 Å². The largest absolute Gasteiger partial charge is 0.393 e. The van der Waals surface area contributed by atoms with Gasteiger partial charge in [-0.15, -0.1) is 0 Å². The van der Waals surface area contributed by atoms with Gasteiger partial charge < -0.3 is 10.6 Å². The van der Waals surface area contributed by atoms with Crippen LogP contribution >= 0.6 is 12.2 Å². The molecule has 0 radical (unpaired) electrons. The van der Waals surface area contributed by atoms with Gasteiger partial charge in [0, 0.05) is 32.8 Å². The van der Waals surface area contributed by atoms with Crippen molar-refractivity contribution in [3.05, 3.63) is 17.5 Å². The van der Waals surface area contributed by atoms with E-state index in [1.165, 1.54) is 0 Å². The molecule has 2 N–H and O–H groups in total. The van der Waals surface area contributed by atoms with Crippen LogP contribution in [0.1, 0.15) is 43.2 Å². The Morgan fingerprint density at radius 3 is 2.70 bits per heavy atom. The molecule has 1 aromatic rings. The maximum atomic E-state index is 12.7. The number of nitrogens with two attached hydrogens (primary N) is 1. The number of aryl methyl sites for hydroxylation is 2. The fourth-order valence-electron chi connectivity index (χ4n) is 2.11. The second-order valence-corrected chi connectivity index (χ2v) is 5.90. The zero-order chi connectivity index (χ0) is 15.3. The quantitative estimate of drug-likeness (QED) is 0.779. The van der Waals surface area contributed by atoms with Crippen molar-refractivity contribution in [2.24, 2.45) is 18.7 Å². The summed E-state index contributed by atoms with van der Waals surface area (Å²) in [4.78, 5) is 14.9.